The van der Waals surface area contributed by atoms with Crippen LogP contribution in [0, 0.1) is 0 Å². The second-order valence-corrected chi connectivity index (χ2v) is 8.06. The lowest BCUT2D eigenvalue weighted by molar-refractivity contribution is -0.131. The smallest absolute Gasteiger partial charge is 0.236 e. The second kappa shape index (κ2) is 10.8. The molecule has 5 nitrogen and oxygen atoms in total. The Balaban J connectivity index is 1.50. The van der Waals surface area contributed by atoms with E-state index < -0.39 is 0 Å². The van der Waals surface area contributed by atoms with Gasteiger partial charge in [-0.1, -0.05) is 13.0 Å². The van der Waals surface area contributed by atoms with Crippen molar-refractivity contribution in [1.29, 1.82) is 0 Å². The number of carbonyl (C=O) groups excluding carboxylic acids is 1. The zero-order valence-corrected chi connectivity index (χ0v) is 17.7. The van der Waals surface area contributed by atoms with Gasteiger partial charge in [-0.05, 0) is 81.8 Å². The Morgan fingerprint density at radius 1 is 1.21 bits per heavy atom. The van der Waals surface area contributed by atoms with Crippen LogP contribution in [-0.4, -0.2) is 67.6 Å². The van der Waals surface area contributed by atoms with Crippen molar-refractivity contribution in [1.82, 2.24) is 15.1 Å². The Hall–Kier alpha value is -1.59. The maximum atomic E-state index is 11.9. The number of aryl methyl sites for hydroxylation is 1. The summed E-state index contributed by atoms with van der Waals surface area (Å²) < 4.78 is 5.71. The average molecular weight is 388 g/mol. The van der Waals surface area contributed by atoms with Gasteiger partial charge in [-0.15, -0.1) is 0 Å². The zero-order valence-electron chi connectivity index (χ0n) is 17.7. The third-order valence-electron chi connectivity index (χ3n) is 6.03. The molecule has 156 valence electrons. The summed E-state index contributed by atoms with van der Waals surface area (Å²) in [6.07, 6.45) is 7.01. The summed E-state index contributed by atoms with van der Waals surface area (Å²) in [6.45, 7) is 10.5. The molecule has 2 aliphatic rings. The maximum Gasteiger partial charge on any atom is 0.236 e. The highest BCUT2D eigenvalue weighted by atomic mass is 16.5. The van der Waals surface area contributed by atoms with Crippen LogP contribution >= 0.6 is 0 Å². The van der Waals surface area contributed by atoms with Crippen LogP contribution in [0.15, 0.2) is 18.2 Å². The number of piperazine rings is 1. The monoisotopic (exact) mass is 387 g/mol. The highest BCUT2D eigenvalue weighted by Gasteiger charge is 2.24. The molecular formula is C23H37N3O2. The number of fused-ring (bicyclic) bond motifs is 1. The van der Waals surface area contributed by atoms with Crippen LogP contribution in [0.5, 0.6) is 5.75 Å². The molecule has 1 N–H and O–H groups in total. The van der Waals surface area contributed by atoms with Gasteiger partial charge in [0.25, 0.3) is 0 Å². The first kappa shape index (κ1) is 21.1. The summed E-state index contributed by atoms with van der Waals surface area (Å²) in [5.74, 6) is 1.26. The van der Waals surface area contributed by atoms with E-state index in [9.17, 15) is 4.79 Å². The highest BCUT2D eigenvalue weighted by molar-refractivity contribution is 5.78. The molecule has 1 heterocycles. The molecule has 1 aliphatic carbocycles. The van der Waals surface area contributed by atoms with Gasteiger partial charge < -0.3 is 19.9 Å². The number of unbranched alkanes of at least 4 members (excludes halogenated alkanes) is 1. The molecule has 1 saturated heterocycles. The SMILES string of the molecule is CCCN(CCCCN1CCNCC1=O)C1CCc2ccc(OCC)cc2C1. The summed E-state index contributed by atoms with van der Waals surface area (Å²) in [7, 11) is 0. The molecule has 1 atom stereocenters. The molecule has 5 heteroatoms. The van der Waals surface area contributed by atoms with E-state index in [2.05, 4.69) is 35.3 Å². The third-order valence-corrected chi connectivity index (χ3v) is 6.03. The first-order valence-electron chi connectivity index (χ1n) is 11.2. The maximum absolute atomic E-state index is 11.9. The largest absolute Gasteiger partial charge is 0.494 e. The third kappa shape index (κ3) is 5.71. The van der Waals surface area contributed by atoms with Gasteiger partial charge >= 0.3 is 0 Å². The van der Waals surface area contributed by atoms with Crippen molar-refractivity contribution in [3.8, 4) is 5.75 Å². The average Bonchev–Trinajstić information content (AvgIpc) is 2.71. The Morgan fingerprint density at radius 2 is 2.11 bits per heavy atom. The van der Waals surface area contributed by atoms with E-state index in [0.29, 0.717) is 12.6 Å². The topological polar surface area (TPSA) is 44.8 Å². The summed E-state index contributed by atoms with van der Waals surface area (Å²) in [6, 6.07) is 7.25. The van der Waals surface area contributed by atoms with Gasteiger partial charge in [0.1, 0.15) is 5.75 Å². The number of hydrogen-bond acceptors (Lipinski definition) is 4. The zero-order chi connectivity index (χ0) is 19.8. The quantitative estimate of drug-likeness (QED) is 0.627. The minimum atomic E-state index is 0.255. The van der Waals surface area contributed by atoms with Crippen molar-refractivity contribution < 1.29 is 9.53 Å². The van der Waals surface area contributed by atoms with E-state index in [1.807, 2.05) is 11.8 Å². The van der Waals surface area contributed by atoms with E-state index in [4.69, 9.17) is 4.74 Å². The van der Waals surface area contributed by atoms with Crippen molar-refractivity contribution >= 4 is 5.91 Å². The van der Waals surface area contributed by atoms with Crippen LogP contribution in [0.1, 0.15) is 50.7 Å². The first-order chi connectivity index (χ1) is 13.7. The molecule has 0 aromatic heterocycles. The standard InChI is InChI=1S/C23H37N3O2/c1-3-12-25(13-5-6-14-26-15-11-24-18-23(26)27)21-9-7-19-8-10-22(28-4-2)17-20(19)16-21/h8,10,17,21,24H,3-7,9,11-16,18H2,1-2H3. The van der Waals surface area contributed by atoms with Gasteiger partial charge in [-0.3, -0.25) is 4.79 Å². The lowest BCUT2D eigenvalue weighted by atomic mass is 9.87. The number of carbonyl (C=O) groups is 1. The number of hydrogen-bond donors (Lipinski definition) is 1. The van der Waals surface area contributed by atoms with Gasteiger partial charge in [0.15, 0.2) is 0 Å². The summed E-state index contributed by atoms with van der Waals surface area (Å²) in [4.78, 5) is 16.6. The minimum Gasteiger partial charge on any atom is -0.494 e. The molecule has 0 radical (unpaired) electrons. The van der Waals surface area contributed by atoms with Crippen molar-refractivity contribution in [2.75, 3.05) is 45.9 Å². The molecule has 1 aromatic rings. The fourth-order valence-corrected chi connectivity index (χ4v) is 4.55. The molecule has 0 spiro atoms. The van der Waals surface area contributed by atoms with Crippen LogP contribution in [-0.2, 0) is 17.6 Å². The van der Waals surface area contributed by atoms with Crippen LogP contribution in [0.2, 0.25) is 0 Å². The van der Waals surface area contributed by atoms with Crippen LogP contribution in [0.3, 0.4) is 0 Å². The highest BCUT2D eigenvalue weighted by Crippen LogP contribution is 2.28. The molecule has 0 bridgehead atoms. The number of nitrogens with zero attached hydrogens (tertiary/aromatic N) is 2. The van der Waals surface area contributed by atoms with Crippen LogP contribution in [0.25, 0.3) is 0 Å². The van der Waals surface area contributed by atoms with Crippen molar-refractivity contribution in [2.45, 2.75) is 58.4 Å². The van der Waals surface area contributed by atoms with Gasteiger partial charge in [0.05, 0.1) is 13.2 Å². The fourth-order valence-electron chi connectivity index (χ4n) is 4.55. The summed E-state index contributed by atoms with van der Waals surface area (Å²) >= 11 is 0. The summed E-state index contributed by atoms with van der Waals surface area (Å²) in [5.41, 5.74) is 2.96. The Labute approximate surface area is 170 Å². The Morgan fingerprint density at radius 3 is 2.89 bits per heavy atom. The van der Waals surface area contributed by atoms with Gasteiger partial charge in [-0.25, -0.2) is 0 Å². The van der Waals surface area contributed by atoms with Crippen LogP contribution < -0.4 is 10.1 Å². The van der Waals surface area contributed by atoms with Crippen molar-refractivity contribution in [3.05, 3.63) is 29.3 Å². The fraction of sp³-hybridized carbons (Fsp3) is 0.696. The van der Waals surface area contributed by atoms with Crippen molar-refractivity contribution in [2.24, 2.45) is 0 Å². The van der Waals surface area contributed by atoms with E-state index >= 15 is 0 Å². The molecule has 1 unspecified atom stereocenters. The molecule has 0 saturated carbocycles. The molecular weight excluding hydrogens is 350 g/mol. The molecule has 28 heavy (non-hydrogen) atoms. The number of rotatable bonds is 10. The first-order valence-corrected chi connectivity index (χ1v) is 11.2. The molecule has 1 amide bonds. The van der Waals surface area contributed by atoms with E-state index in [0.717, 1.165) is 57.9 Å². The van der Waals surface area contributed by atoms with E-state index in [-0.39, 0.29) is 5.91 Å². The van der Waals surface area contributed by atoms with E-state index in [1.54, 1.807) is 0 Å². The molecule has 3 rings (SSSR count). The Kier molecular flexibility index (Phi) is 8.16. The molecule has 1 aliphatic heterocycles. The van der Waals surface area contributed by atoms with E-state index in [1.165, 1.54) is 36.8 Å². The number of amides is 1. The van der Waals surface area contributed by atoms with Gasteiger partial charge in [0.2, 0.25) is 5.91 Å². The molecule has 1 fully saturated rings. The number of nitrogens with one attached hydrogen (secondary N) is 1. The minimum absolute atomic E-state index is 0.255. The lowest BCUT2D eigenvalue weighted by Crippen LogP contribution is -2.48. The number of benzene rings is 1. The summed E-state index contributed by atoms with van der Waals surface area (Å²) in [5, 5.41) is 3.14. The van der Waals surface area contributed by atoms with Crippen molar-refractivity contribution in [3.63, 3.8) is 0 Å². The van der Waals surface area contributed by atoms with Gasteiger partial charge in [0, 0.05) is 25.7 Å². The van der Waals surface area contributed by atoms with Gasteiger partial charge in [-0.2, -0.15) is 0 Å². The Bertz CT molecular complexity index is 634. The molecule has 1 aromatic carbocycles. The van der Waals surface area contributed by atoms with Crippen LogP contribution in [0.4, 0.5) is 0 Å². The predicted molar refractivity (Wildman–Crippen MR) is 114 cm³/mol. The normalized spacial score (nSPS) is 19.8. The predicted octanol–water partition coefficient (Wildman–Crippen LogP) is 2.87. The second-order valence-electron chi connectivity index (χ2n) is 8.06. The lowest BCUT2D eigenvalue weighted by Gasteiger charge is -2.35. The number of ether oxygens (including phenoxy) is 1.